The Morgan fingerprint density at radius 1 is 1.36 bits per heavy atom. The molecule has 0 aromatic carbocycles. The van der Waals surface area contributed by atoms with E-state index in [0.29, 0.717) is 11.9 Å². The Kier molecular flexibility index (Phi) is 4.20. The van der Waals surface area contributed by atoms with Crippen LogP contribution < -0.4 is 0 Å². The fraction of sp³-hybridized carbons (Fsp3) is 0.706. The van der Waals surface area contributed by atoms with Crippen LogP contribution >= 0.6 is 11.3 Å². The van der Waals surface area contributed by atoms with E-state index in [1.165, 1.54) is 17.7 Å². The molecule has 5 heteroatoms. The van der Waals surface area contributed by atoms with Crippen LogP contribution in [-0.4, -0.2) is 54.1 Å². The summed E-state index contributed by atoms with van der Waals surface area (Å²) in [5, 5.41) is 2.13. The van der Waals surface area contributed by atoms with E-state index in [1.54, 1.807) is 0 Å². The lowest BCUT2D eigenvalue weighted by atomic mass is 9.89. The molecule has 3 aliphatic rings. The molecule has 4 heterocycles. The van der Waals surface area contributed by atoms with E-state index < -0.39 is 0 Å². The number of hydrogen-bond donors (Lipinski definition) is 0. The van der Waals surface area contributed by atoms with Crippen molar-refractivity contribution in [1.29, 1.82) is 0 Å². The van der Waals surface area contributed by atoms with Gasteiger partial charge in [-0.3, -0.25) is 9.69 Å². The van der Waals surface area contributed by atoms with Crippen LogP contribution in [0.15, 0.2) is 17.5 Å². The average molecular weight is 320 g/mol. The number of nitrogens with zero attached hydrogens (tertiary/aromatic N) is 2. The third kappa shape index (κ3) is 2.82. The summed E-state index contributed by atoms with van der Waals surface area (Å²) in [5.41, 5.74) is 0. The van der Waals surface area contributed by atoms with Crippen molar-refractivity contribution in [3.63, 3.8) is 0 Å². The van der Waals surface area contributed by atoms with Crippen molar-refractivity contribution in [2.24, 2.45) is 5.92 Å². The lowest BCUT2D eigenvalue weighted by Gasteiger charge is -2.41. The van der Waals surface area contributed by atoms with E-state index in [0.717, 1.165) is 45.6 Å². The zero-order valence-corrected chi connectivity index (χ0v) is 13.8. The van der Waals surface area contributed by atoms with Gasteiger partial charge < -0.3 is 9.64 Å². The molecule has 1 aromatic rings. The second-order valence-corrected chi connectivity index (χ2v) is 7.77. The van der Waals surface area contributed by atoms with Gasteiger partial charge in [0.05, 0.1) is 12.0 Å². The van der Waals surface area contributed by atoms with E-state index >= 15 is 0 Å². The topological polar surface area (TPSA) is 32.8 Å². The summed E-state index contributed by atoms with van der Waals surface area (Å²) < 4.78 is 5.94. The number of piperidine rings is 1. The number of amides is 1. The molecule has 0 saturated carbocycles. The minimum atomic E-state index is 0.123. The first-order chi connectivity index (χ1) is 10.8. The first-order valence-corrected chi connectivity index (χ1v) is 9.36. The largest absolute Gasteiger partial charge is 0.377 e. The van der Waals surface area contributed by atoms with E-state index in [-0.39, 0.29) is 12.0 Å². The van der Waals surface area contributed by atoms with Gasteiger partial charge in [0.25, 0.3) is 0 Å². The monoisotopic (exact) mass is 320 g/mol. The first-order valence-electron chi connectivity index (χ1n) is 8.48. The molecule has 3 aliphatic heterocycles. The zero-order valence-electron chi connectivity index (χ0n) is 12.9. The Morgan fingerprint density at radius 2 is 2.23 bits per heavy atom. The van der Waals surface area contributed by atoms with Crippen LogP contribution in [0.1, 0.15) is 30.6 Å². The van der Waals surface area contributed by atoms with Gasteiger partial charge in [0.2, 0.25) is 5.91 Å². The Bertz CT molecular complexity index is 513. The first kappa shape index (κ1) is 14.7. The van der Waals surface area contributed by atoms with Gasteiger partial charge in [-0.25, -0.2) is 0 Å². The highest BCUT2D eigenvalue weighted by Crippen LogP contribution is 2.34. The minimum Gasteiger partial charge on any atom is -0.377 e. The molecular formula is C17H24N2O2S. The molecule has 22 heavy (non-hydrogen) atoms. The summed E-state index contributed by atoms with van der Waals surface area (Å²) >= 11 is 1.81. The van der Waals surface area contributed by atoms with E-state index in [4.69, 9.17) is 4.74 Å². The average Bonchev–Trinajstić information content (AvgIpc) is 3.27. The molecule has 3 atom stereocenters. The quantitative estimate of drug-likeness (QED) is 0.857. The van der Waals surface area contributed by atoms with Crippen molar-refractivity contribution >= 4 is 17.2 Å². The van der Waals surface area contributed by atoms with E-state index in [1.807, 2.05) is 11.3 Å². The molecule has 0 radical (unpaired) electrons. The summed E-state index contributed by atoms with van der Waals surface area (Å²) in [7, 11) is 0. The number of carbonyl (C=O) groups excluding carboxylic acids is 1. The molecule has 3 saturated heterocycles. The maximum atomic E-state index is 12.8. The lowest BCUT2D eigenvalue weighted by molar-refractivity contribution is -0.139. The van der Waals surface area contributed by atoms with E-state index in [9.17, 15) is 4.79 Å². The Labute approximate surface area is 136 Å². The highest BCUT2D eigenvalue weighted by atomic mass is 32.1. The molecule has 120 valence electrons. The number of likely N-dealkylation sites (tertiary alicyclic amines) is 2. The number of fused-ring (bicyclic) bond motifs is 1. The molecule has 0 N–H and O–H groups in total. The fourth-order valence-corrected chi connectivity index (χ4v) is 4.94. The van der Waals surface area contributed by atoms with Crippen molar-refractivity contribution in [2.75, 3.05) is 26.2 Å². The van der Waals surface area contributed by atoms with Crippen molar-refractivity contribution in [3.8, 4) is 0 Å². The summed E-state index contributed by atoms with van der Waals surface area (Å²) in [6, 6.07) is 4.81. The standard InChI is InChI=1S/C17H24N2O2S/c20-17(18-6-1-2-7-18)13-10-16-15(5-8-21-16)19(11-13)12-14-4-3-9-22-14/h3-4,9,13,15-16H,1-2,5-8,10-12H2/t13-,15+,16+/m1/s1. The van der Waals surface area contributed by atoms with Crippen molar-refractivity contribution in [1.82, 2.24) is 9.80 Å². The second kappa shape index (κ2) is 6.30. The predicted octanol–water partition coefficient (Wildman–Crippen LogP) is 2.35. The van der Waals surface area contributed by atoms with Crippen molar-refractivity contribution < 1.29 is 9.53 Å². The van der Waals surface area contributed by atoms with Gasteiger partial charge in [0.15, 0.2) is 0 Å². The van der Waals surface area contributed by atoms with Gasteiger partial charge in [-0.15, -0.1) is 11.3 Å². The molecule has 0 bridgehead atoms. The van der Waals surface area contributed by atoms with Gasteiger partial charge in [0.1, 0.15) is 0 Å². The van der Waals surface area contributed by atoms with Crippen LogP contribution in [0.5, 0.6) is 0 Å². The maximum absolute atomic E-state index is 12.8. The van der Waals surface area contributed by atoms with Crippen LogP contribution in [0, 0.1) is 5.92 Å². The Balaban J connectivity index is 1.48. The second-order valence-electron chi connectivity index (χ2n) is 6.74. The van der Waals surface area contributed by atoms with Gasteiger partial charge >= 0.3 is 0 Å². The number of ether oxygens (including phenoxy) is 1. The normalized spacial score (nSPS) is 32.4. The summed E-state index contributed by atoms with van der Waals surface area (Å²) in [6.45, 7) is 4.62. The molecule has 3 fully saturated rings. The highest BCUT2D eigenvalue weighted by molar-refractivity contribution is 7.09. The van der Waals surface area contributed by atoms with E-state index in [2.05, 4.69) is 27.3 Å². The summed E-state index contributed by atoms with van der Waals surface area (Å²) in [5.74, 6) is 0.486. The van der Waals surface area contributed by atoms with Crippen molar-refractivity contribution in [2.45, 2.75) is 44.4 Å². The van der Waals surface area contributed by atoms with Crippen LogP contribution in [0.25, 0.3) is 0 Å². The zero-order chi connectivity index (χ0) is 14.9. The molecule has 1 amide bonds. The molecular weight excluding hydrogens is 296 g/mol. The smallest absolute Gasteiger partial charge is 0.227 e. The Morgan fingerprint density at radius 3 is 3.00 bits per heavy atom. The van der Waals surface area contributed by atoms with Gasteiger partial charge in [-0.05, 0) is 37.1 Å². The molecule has 0 unspecified atom stereocenters. The van der Waals surface area contributed by atoms with Crippen molar-refractivity contribution in [3.05, 3.63) is 22.4 Å². The highest BCUT2D eigenvalue weighted by Gasteiger charge is 2.43. The number of thiophene rings is 1. The Hall–Kier alpha value is -0.910. The molecule has 0 spiro atoms. The third-order valence-corrected chi connectivity index (χ3v) is 6.18. The molecule has 4 rings (SSSR count). The molecule has 0 aliphatic carbocycles. The van der Waals surface area contributed by atoms with Crippen LogP contribution in [0.2, 0.25) is 0 Å². The van der Waals surface area contributed by atoms with Crippen LogP contribution in [0.3, 0.4) is 0 Å². The molecule has 1 aromatic heterocycles. The van der Waals surface area contributed by atoms with Gasteiger partial charge in [-0.1, -0.05) is 6.07 Å². The number of carbonyl (C=O) groups is 1. The van der Waals surface area contributed by atoms with Gasteiger partial charge in [0, 0.05) is 43.7 Å². The van der Waals surface area contributed by atoms with Gasteiger partial charge in [-0.2, -0.15) is 0 Å². The fourth-order valence-electron chi connectivity index (χ4n) is 4.21. The minimum absolute atomic E-state index is 0.123. The maximum Gasteiger partial charge on any atom is 0.227 e. The number of rotatable bonds is 3. The van der Waals surface area contributed by atoms with Crippen LogP contribution in [0.4, 0.5) is 0 Å². The summed E-state index contributed by atoms with van der Waals surface area (Å²) in [6.07, 6.45) is 4.62. The van der Waals surface area contributed by atoms with Crippen LogP contribution in [-0.2, 0) is 16.1 Å². The summed E-state index contributed by atoms with van der Waals surface area (Å²) in [4.78, 5) is 18.8. The third-order valence-electron chi connectivity index (χ3n) is 5.32. The molecule has 4 nitrogen and oxygen atoms in total. The predicted molar refractivity (Wildman–Crippen MR) is 86.8 cm³/mol. The lowest BCUT2D eigenvalue weighted by Crippen LogP contribution is -2.52. The number of hydrogen-bond acceptors (Lipinski definition) is 4. The SMILES string of the molecule is O=C([C@@H]1C[C@@H]2OCC[C@@H]2N(Cc2cccs2)C1)N1CCCC1.